The Labute approximate surface area is 123 Å². The van der Waals surface area contributed by atoms with Gasteiger partial charge in [-0.05, 0) is 43.9 Å². The Kier molecular flexibility index (Phi) is 4.65. The van der Waals surface area contributed by atoms with Gasteiger partial charge in [0.15, 0.2) is 0 Å². The fourth-order valence-electron chi connectivity index (χ4n) is 2.62. The summed E-state index contributed by atoms with van der Waals surface area (Å²) >= 11 is 5.92. The van der Waals surface area contributed by atoms with Crippen molar-refractivity contribution in [3.05, 3.63) is 28.8 Å². The fourth-order valence-corrected chi connectivity index (χ4v) is 2.79. The number of carboxylic acid groups (broad SMARTS) is 1. The molecule has 1 aromatic carbocycles. The third-order valence-corrected chi connectivity index (χ3v) is 4.09. The minimum absolute atomic E-state index is 0.110. The number of carboxylic acids is 1. The first-order chi connectivity index (χ1) is 9.47. The predicted molar refractivity (Wildman–Crippen MR) is 77.9 cm³/mol. The molecule has 2 rings (SSSR count). The molecule has 1 aliphatic rings. The summed E-state index contributed by atoms with van der Waals surface area (Å²) in [5.41, 5.74) is 1.63. The van der Waals surface area contributed by atoms with Crippen molar-refractivity contribution < 1.29 is 14.7 Å². The molecule has 0 aliphatic heterocycles. The summed E-state index contributed by atoms with van der Waals surface area (Å²) in [4.78, 5) is 23.3. The highest BCUT2D eigenvalue weighted by Gasteiger charge is 2.31. The Morgan fingerprint density at radius 3 is 2.70 bits per heavy atom. The average Bonchev–Trinajstić information content (AvgIpc) is 2.43. The van der Waals surface area contributed by atoms with Gasteiger partial charge in [0.25, 0.3) is 0 Å². The summed E-state index contributed by atoms with van der Waals surface area (Å²) in [5.74, 6) is -1.55. The Morgan fingerprint density at radius 1 is 1.30 bits per heavy atom. The van der Waals surface area contributed by atoms with E-state index in [1.807, 2.05) is 13.0 Å². The minimum Gasteiger partial charge on any atom is -0.481 e. The molecule has 4 nitrogen and oxygen atoms in total. The van der Waals surface area contributed by atoms with E-state index in [4.69, 9.17) is 16.7 Å². The molecular formula is C15H18ClNO3. The number of aliphatic carboxylic acids is 1. The van der Waals surface area contributed by atoms with Crippen LogP contribution in [0.5, 0.6) is 0 Å². The molecule has 1 aliphatic carbocycles. The van der Waals surface area contributed by atoms with Crippen molar-refractivity contribution in [3.63, 3.8) is 0 Å². The van der Waals surface area contributed by atoms with Crippen molar-refractivity contribution in [2.45, 2.75) is 32.6 Å². The van der Waals surface area contributed by atoms with E-state index < -0.39 is 11.9 Å². The molecule has 5 heteroatoms. The monoisotopic (exact) mass is 295 g/mol. The van der Waals surface area contributed by atoms with E-state index in [1.54, 1.807) is 12.1 Å². The zero-order valence-electron chi connectivity index (χ0n) is 11.4. The van der Waals surface area contributed by atoms with Crippen LogP contribution in [-0.4, -0.2) is 17.0 Å². The van der Waals surface area contributed by atoms with Crippen molar-refractivity contribution in [2.24, 2.45) is 11.8 Å². The number of amides is 1. The second-order valence-electron chi connectivity index (χ2n) is 5.35. The number of benzene rings is 1. The number of anilines is 1. The number of halogens is 1. The third kappa shape index (κ3) is 3.51. The molecule has 0 bridgehead atoms. The number of aryl methyl sites for hydroxylation is 1. The van der Waals surface area contributed by atoms with E-state index in [1.165, 1.54) is 0 Å². The van der Waals surface area contributed by atoms with E-state index >= 15 is 0 Å². The van der Waals surface area contributed by atoms with Crippen LogP contribution >= 0.6 is 11.6 Å². The zero-order chi connectivity index (χ0) is 14.7. The van der Waals surface area contributed by atoms with Crippen LogP contribution in [0.3, 0.4) is 0 Å². The smallest absolute Gasteiger partial charge is 0.306 e. The van der Waals surface area contributed by atoms with Gasteiger partial charge in [-0.3, -0.25) is 9.59 Å². The molecule has 0 aromatic heterocycles. The molecule has 1 fully saturated rings. The number of carbonyl (C=O) groups is 2. The van der Waals surface area contributed by atoms with Crippen LogP contribution in [0.1, 0.15) is 31.2 Å². The van der Waals surface area contributed by atoms with Crippen molar-refractivity contribution in [1.82, 2.24) is 0 Å². The highest BCUT2D eigenvalue weighted by molar-refractivity contribution is 6.31. The molecule has 2 atom stereocenters. The average molecular weight is 296 g/mol. The van der Waals surface area contributed by atoms with Crippen molar-refractivity contribution in [1.29, 1.82) is 0 Å². The molecule has 0 saturated heterocycles. The molecule has 0 heterocycles. The molecule has 1 saturated carbocycles. The summed E-state index contributed by atoms with van der Waals surface area (Å²) < 4.78 is 0. The van der Waals surface area contributed by atoms with E-state index in [0.29, 0.717) is 23.6 Å². The molecular weight excluding hydrogens is 278 g/mol. The molecule has 1 aromatic rings. The van der Waals surface area contributed by atoms with Gasteiger partial charge < -0.3 is 10.4 Å². The maximum atomic E-state index is 12.3. The third-order valence-electron chi connectivity index (χ3n) is 3.85. The van der Waals surface area contributed by atoms with E-state index in [2.05, 4.69) is 5.32 Å². The minimum atomic E-state index is -0.804. The molecule has 20 heavy (non-hydrogen) atoms. The second kappa shape index (κ2) is 6.27. The predicted octanol–water partition coefficient (Wildman–Crippen LogP) is 3.48. The van der Waals surface area contributed by atoms with Crippen LogP contribution < -0.4 is 5.32 Å². The first-order valence-corrected chi connectivity index (χ1v) is 7.15. The second-order valence-corrected chi connectivity index (χ2v) is 5.78. The van der Waals surface area contributed by atoms with Crippen LogP contribution in [0.25, 0.3) is 0 Å². The Morgan fingerprint density at radius 2 is 2.00 bits per heavy atom. The van der Waals surface area contributed by atoms with Crippen LogP contribution in [-0.2, 0) is 9.59 Å². The number of rotatable bonds is 3. The summed E-state index contributed by atoms with van der Waals surface area (Å²) in [5, 5.41) is 12.5. The van der Waals surface area contributed by atoms with Crippen molar-refractivity contribution >= 4 is 29.2 Å². The standard InChI is InChI=1S/C15H18ClNO3/c1-9-5-6-12(16)8-13(9)17-14(18)10-3-2-4-11(7-10)15(19)20/h5-6,8,10-11H,2-4,7H2,1H3,(H,17,18)(H,19,20). The molecule has 0 radical (unpaired) electrons. The van der Waals surface area contributed by atoms with Crippen molar-refractivity contribution in [2.75, 3.05) is 5.32 Å². The molecule has 2 N–H and O–H groups in total. The fraction of sp³-hybridized carbons (Fsp3) is 0.467. The number of hydrogen-bond acceptors (Lipinski definition) is 2. The maximum absolute atomic E-state index is 12.3. The lowest BCUT2D eigenvalue weighted by atomic mass is 9.81. The van der Waals surface area contributed by atoms with Gasteiger partial charge in [-0.15, -0.1) is 0 Å². The van der Waals surface area contributed by atoms with Gasteiger partial charge in [0, 0.05) is 16.6 Å². The normalized spacial score (nSPS) is 22.3. The van der Waals surface area contributed by atoms with Gasteiger partial charge in [0.2, 0.25) is 5.91 Å². The van der Waals surface area contributed by atoms with Crippen LogP contribution in [0.4, 0.5) is 5.69 Å². The maximum Gasteiger partial charge on any atom is 0.306 e. The summed E-state index contributed by atoms with van der Waals surface area (Å²) in [6, 6.07) is 5.33. The van der Waals surface area contributed by atoms with Crippen molar-refractivity contribution in [3.8, 4) is 0 Å². The summed E-state index contributed by atoms with van der Waals surface area (Å²) in [6.07, 6.45) is 2.61. The summed E-state index contributed by atoms with van der Waals surface area (Å²) in [7, 11) is 0. The lowest BCUT2D eigenvalue weighted by Gasteiger charge is -2.26. The molecule has 2 unspecified atom stereocenters. The Bertz CT molecular complexity index is 530. The highest BCUT2D eigenvalue weighted by Crippen LogP contribution is 2.30. The lowest BCUT2D eigenvalue weighted by molar-refractivity contribution is -0.143. The molecule has 1 amide bonds. The van der Waals surface area contributed by atoms with Gasteiger partial charge in [-0.1, -0.05) is 24.1 Å². The zero-order valence-corrected chi connectivity index (χ0v) is 12.1. The largest absolute Gasteiger partial charge is 0.481 e. The summed E-state index contributed by atoms with van der Waals surface area (Å²) in [6.45, 7) is 1.90. The first kappa shape index (κ1) is 14.9. The Hall–Kier alpha value is -1.55. The van der Waals surface area contributed by atoms with Gasteiger partial charge in [-0.2, -0.15) is 0 Å². The number of carbonyl (C=O) groups excluding carboxylic acids is 1. The van der Waals surface area contributed by atoms with Gasteiger partial charge >= 0.3 is 5.97 Å². The van der Waals surface area contributed by atoms with Gasteiger partial charge in [0.1, 0.15) is 0 Å². The van der Waals surface area contributed by atoms with E-state index in [0.717, 1.165) is 18.4 Å². The van der Waals surface area contributed by atoms with Crippen LogP contribution in [0.15, 0.2) is 18.2 Å². The van der Waals surface area contributed by atoms with Gasteiger partial charge in [-0.25, -0.2) is 0 Å². The van der Waals surface area contributed by atoms with Crippen LogP contribution in [0, 0.1) is 18.8 Å². The molecule has 108 valence electrons. The van der Waals surface area contributed by atoms with E-state index in [9.17, 15) is 9.59 Å². The topological polar surface area (TPSA) is 66.4 Å². The number of hydrogen-bond donors (Lipinski definition) is 2. The first-order valence-electron chi connectivity index (χ1n) is 6.77. The molecule has 0 spiro atoms. The van der Waals surface area contributed by atoms with Gasteiger partial charge in [0.05, 0.1) is 5.92 Å². The lowest BCUT2D eigenvalue weighted by Crippen LogP contribution is -2.31. The highest BCUT2D eigenvalue weighted by atomic mass is 35.5. The number of nitrogens with one attached hydrogen (secondary N) is 1. The van der Waals surface area contributed by atoms with Crippen LogP contribution in [0.2, 0.25) is 5.02 Å². The van der Waals surface area contributed by atoms with E-state index in [-0.39, 0.29) is 11.8 Å². The SMILES string of the molecule is Cc1ccc(Cl)cc1NC(=O)C1CCCC(C(=O)O)C1. The Balaban J connectivity index is 2.04. The quantitative estimate of drug-likeness (QED) is 0.897.